The number of rotatable bonds is 7. The lowest BCUT2D eigenvalue weighted by Gasteiger charge is -2.37. The topological polar surface area (TPSA) is 78.6 Å². The Morgan fingerprint density at radius 1 is 1.35 bits per heavy atom. The first-order valence-corrected chi connectivity index (χ1v) is 7.15. The van der Waals surface area contributed by atoms with Crippen LogP contribution >= 0.6 is 0 Å². The number of aliphatic hydroxyl groups is 1. The highest BCUT2D eigenvalue weighted by molar-refractivity contribution is 5.78. The number of nitrogens with one attached hydrogen (secondary N) is 1. The number of hydrogen-bond acceptors (Lipinski definition) is 4. The van der Waals surface area contributed by atoms with Gasteiger partial charge in [0.2, 0.25) is 5.91 Å². The van der Waals surface area contributed by atoms with Gasteiger partial charge in [0, 0.05) is 19.1 Å². The summed E-state index contributed by atoms with van der Waals surface area (Å²) in [6.07, 6.45) is 3.96. The van der Waals surface area contributed by atoms with Crippen LogP contribution in [0.3, 0.4) is 0 Å². The molecule has 110 valence electrons. The molecular weight excluding hydrogens is 254 g/mol. The Labute approximate surface area is 119 Å². The maximum Gasteiger partial charge on any atom is 0.238 e. The number of hydrogen-bond donors (Lipinski definition) is 3. The Bertz CT molecular complexity index is 446. The minimum atomic E-state index is -0.185. The molecule has 0 bridgehead atoms. The molecule has 20 heavy (non-hydrogen) atoms. The molecule has 1 aliphatic carbocycles. The van der Waals surface area contributed by atoms with Crippen LogP contribution < -0.4 is 11.3 Å². The second-order valence-corrected chi connectivity index (χ2v) is 5.29. The molecule has 2 rings (SSSR count). The lowest BCUT2D eigenvalue weighted by atomic mass is 9.90. The van der Waals surface area contributed by atoms with Crippen molar-refractivity contribution < 1.29 is 9.90 Å². The van der Waals surface area contributed by atoms with Crippen LogP contribution in [-0.2, 0) is 17.8 Å². The van der Waals surface area contributed by atoms with Crippen molar-refractivity contribution in [3.8, 4) is 0 Å². The molecule has 1 aliphatic rings. The molecule has 5 heteroatoms. The van der Waals surface area contributed by atoms with Crippen molar-refractivity contribution in [2.75, 3.05) is 13.2 Å². The van der Waals surface area contributed by atoms with E-state index in [4.69, 9.17) is 5.84 Å². The van der Waals surface area contributed by atoms with Gasteiger partial charge in [-0.3, -0.25) is 15.1 Å². The summed E-state index contributed by atoms with van der Waals surface area (Å²) in [5.41, 5.74) is 4.31. The molecule has 1 aromatic carbocycles. The van der Waals surface area contributed by atoms with Gasteiger partial charge in [0.25, 0.3) is 0 Å². The van der Waals surface area contributed by atoms with Crippen LogP contribution in [-0.4, -0.2) is 35.1 Å². The Morgan fingerprint density at radius 3 is 2.60 bits per heavy atom. The van der Waals surface area contributed by atoms with Crippen molar-refractivity contribution in [2.24, 2.45) is 5.84 Å². The maximum atomic E-state index is 11.5. The van der Waals surface area contributed by atoms with Gasteiger partial charge in [-0.2, -0.15) is 0 Å². The van der Waals surface area contributed by atoms with E-state index in [2.05, 4.69) is 10.3 Å². The van der Waals surface area contributed by atoms with Crippen LogP contribution in [0.15, 0.2) is 24.3 Å². The Kier molecular flexibility index (Phi) is 5.52. The monoisotopic (exact) mass is 277 g/mol. The van der Waals surface area contributed by atoms with Crippen LogP contribution in [0.25, 0.3) is 0 Å². The van der Waals surface area contributed by atoms with E-state index in [1.165, 1.54) is 19.3 Å². The van der Waals surface area contributed by atoms with Gasteiger partial charge >= 0.3 is 0 Å². The van der Waals surface area contributed by atoms with Crippen molar-refractivity contribution in [3.63, 3.8) is 0 Å². The fourth-order valence-corrected chi connectivity index (χ4v) is 2.60. The Hall–Kier alpha value is -1.43. The van der Waals surface area contributed by atoms with E-state index in [0.717, 1.165) is 17.7 Å². The number of aliphatic hydroxyl groups excluding tert-OH is 1. The normalized spacial score (nSPS) is 15.2. The molecule has 1 amide bonds. The highest BCUT2D eigenvalue weighted by Gasteiger charge is 2.25. The number of nitrogens with zero attached hydrogens (tertiary/aromatic N) is 1. The fourth-order valence-electron chi connectivity index (χ4n) is 2.60. The van der Waals surface area contributed by atoms with Crippen LogP contribution in [0.4, 0.5) is 0 Å². The molecule has 1 aromatic rings. The zero-order valence-electron chi connectivity index (χ0n) is 11.7. The molecule has 0 heterocycles. The number of hydrazine groups is 1. The molecule has 1 saturated carbocycles. The first-order valence-electron chi connectivity index (χ1n) is 7.15. The van der Waals surface area contributed by atoms with E-state index < -0.39 is 0 Å². The number of carbonyl (C=O) groups is 1. The zero-order valence-corrected chi connectivity index (χ0v) is 11.7. The lowest BCUT2D eigenvalue weighted by Crippen LogP contribution is -2.41. The van der Waals surface area contributed by atoms with Crippen molar-refractivity contribution in [2.45, 2.75) is 38.3 Å². The molecule has 0 aromatic heterocycles. The summed E-state index contributed by atoms with van der Waals surface area (Å²) in [7, 11) is 0. The average Bonchev–Trinajstić information content (AvgIpc) is 2.39. The number of amides is 1. The molecule has 4 N–H and O–H groups in total. The predicted octanol–water partition coefficient (Wildman–Crippen LogP) is 0.566. The zero-order chi connectivity index (χ0) is 14.4. The average molecular weight is 277 g/mol. The lowest BCUT2D eigenvalue weighted by molar-refractivity contribution is -0.120. The molecule has 0 radical (unpaired) electrons. The van der Waals surface area contributed by atoms with Gasteiger partial charge < -0.3 is 5.11 Å². The molecule has 0 aliphatic heterocycles. The second-order valence-electron chi connectivity index (χ2n) is 5.29. The van der Waals surface area contributed by atoms with Crippen molar-refractivity contribution in [3.05, 3.63) is 35.4 Å². The fraction of sp³-hybridized carbons (Fsp3) is 0.533. The maximum absolute atomic E-state index is 11.5. The Morgan fingerprint density at radius 2 is 2.05 bits per heavy atom. The molecule has 5 nitrogen and oxygen atoms in total. The molecule has 0 spiro atoms. The van der Waals surface area contributed by atoms with Gasteiger partial charge in [0.05, 0.1) is 13.0 Å². The van der Waals surface area contributed by atoms with Crippen molar-refractivity contribution in [1.82, 2.24) is 10.3 Å². The summed E-state index contributed by atoms with van der Waals surface area (Å²) in [6.45, 7) is 1.63. The predicted molar refractivity (Wildman–Crippen MR) is 77.6 cm³/mol. The first kappa shape index (κ1) is 15.0. The standard InChI is InChI=1S/C15H23N3O2/c16-17-15(20)10-12-4-1-2-5-13(12)11-18(8-9-19)14-6-3-7-14/h1-2,4-5,14,19H,3,6-11,16H2,(H,17,20). The van der Waals surface area contributed by atoms with Gasteiger partial charge in [-0.05, 0) is 24.0 Å². The highest BCUT2D eigenvalue weighted by Crippen LogP contribution is 2.26. The van der Waals surface area contributed by atoms with E-state index in [1.807, 2.05) is 24.3 Å². The van der Waals surface area contributed by atoms with Crippen LogP contribution in [0.1, 0.15) is 30.4 Å². The van der Waals surface area contributed by atoms with E-state index in [-0.39, 0.29) is 12.5 Å². The van der Waals surface area contributed by atoms with Crippen molar-refractivity contribution >= 4 is 5.91 Å². The van der Waals surface area contributed by atoms with Crippen molar-refractivity contribution in [1.29, 1.82) is 0 Å². The number of nitrogens with two attached hydrogens (primary N) is 1. The number of benzene rings is 1. The van der Waals surface area contributed by atoms with Gasteiger partial charge in [0.1, 0.15) is 0 Å². The molecule has 0 atom stereocenters. The SMILES string of the molecule is NNC(=O)Cc1ccccc1CN(CCO)C1CCC1. The van der Waals surface area contributed by atoms with E-state index in [9.17, 15) is 9.90 Å². The van der Waals surface area contributed by atoms with Gasteiger partial charge in [0.15, 0.2) is 0 Å². The second kappa shape index (κ2) is 7.38. The van der Waals surface area contributed by atoms with E-state index >= 15 is 0 Å². The molecule has 1 fully saturated rings. The smallest absolute Gasteiger partial charge is 0.238 e. The summed E-state index contributed by atoms with van der Waals surface area (Å²) >= 11 is 0. The summed E-state index contributed by atoms with van der Waals surface area (Å²) in [4.78, 5) is 13.8. The van der Waals surface area contributed by atoms with Gasteiger partial charge in [-0.1, -0.05) is 30.7 Å². The quantitative estimate of drug-likeness (QED) is 0.387. The molecule has 0 unspecified atom stereocenters. The minimum Gasteiger partial charge on any atom is -0.395 e. The van der Waals surface area contributed by atoms with Crippen LogP contribution in [0.5, 0.6) is 0 Å². The van der Waals surface area contributed by atoms with Crippen LogP contribution in [0.2, 0.25) is 0 Å². The summed E-state index contributed by atoms with van der Waals surface area (Å²) in [6, 6.07) is 8.49. The largest absolute Gasteiger partial charge is 0.395 e. The Balaban J connectivity index is 2.08. The third kappa shape index (κ3) is 3.79. The minimum absolute atomic E-state index is 0.169. The number of carbonyl (C=O) groups excluding carboxylic acids is 1. The van der Waals surface area contributed by atoms with E-state index in [1.54, 1.807) is 0 Å². The first-order chi connectivity index (χ1) is 9.74. The van der Waals surface area contributed by atoms with Gasteiger partial charge in [-0.25, -0.2) is 5.84 Å². The van der Waals surface area contributed by atoms with Crippen LogP contribution in [0, 0.1) is 0 Å². The van der Waals surface area contributed by atoms with Gasteiger partial charge in [-0.15, -0.1) is 0 Å². The molecular formula is C15H23N3O2. The van der Waals surface area contributed by atoms with E-state index in [0.29, 0.717) is 19.0 Å². The molecule has 0 saturated heterocycles. The highest BCUT2D eigenvalue weighted by atomic mass is 16.3. The summed E-state index contributed by atoms with van der Waals surface area (Å²) in [5.74, 6) is 4.97. The third-order valence-electron chi connectivity index (χ3n) is 3.98. The summed E-state index contributed by atoms with van der Waals surface area (Å²) < 4.78 is 0. The third-order valence-corrected chi connectivity index (χ3v) is 3.98. The summed E-state index contributed by atoms with van der Waals surface area (Å²) in [5, 5.41) is 9.21.